The Morgan fingerprint density at radius 2 is 1.81 bits per heavy atom. The molecule has 4 rings (SSSR count). The van der Waals surface area contributed by atoms with Gasteiger partial charge in [0.25, 0.3) is 0 Å². The molecule has 3 unspecified atom stereocenters. The zero-order valence-corrected chi connectivity index (χ0v) is 14.0. The summed E-state index contributed by atoms with van der Waals surface area (Å²) >= 11 is 0. The first-order chi connectivity index (χ1) is 9.76. The second-order valence-electron chi connectivity index (χ2n) is 9.21. The molecule has 3 heteroatoms. The monoisotopic (exact) mass is 292 g/mol. The summed E-state index contributed by atoms with van der Waals surface area (Å²) in [7, 11) is 0. The zero-order valence-electron chi connectivity index (χ0n) is 14.0. The van der Waals surface area contributed by atoms with E-state index in [0.717, 1.165) is 18.8 Å². The van der Waals surface area contributed by atoms with Crippen LogP contribution in [0.25, 0.3) is 0 Å². The van der Waals surface area contributed by atoms with Gasteiger partial charge in [0.15, 0.2) is 0 Å². The highest BCUT2D eigenvalue weighted by atomic mass is 16.1. The SMILES string of the molecule is CCCC(N)CC(=O)NC12CC3CC(C)(CC(C)(C3)C1)C2. The molecule has 1 amide bonds. The van der Waals surface area contributed by atoms with Gasteiger partial charge in [-0.05, 0) is 61.7 Å². The lowest BCUT2D eigenvalue weighted by molar-refractivity contribution is -0.139. The Hall–Kier alpha value is -0.570. The predicted octanol–water partition coefficient (Wildman–Crippen LogP) is 3.37. The number of hydrogen-bond acceptors (Lipinski definition) is 2. The van der Waals surface area contributed by atoms with Crippen LogP contribution in [-0.2, 0) is 4.79 Å². The molecule has 21 heavy (non-hydrogen) atoms. The number of carbonyl (C=O) groups is 1. The molecule has 3 nitrogen and oxygen atoms in total. The maximum absolute atomic E-state index is 12.4. The van der Waals surface area contributed by atoms with Crippen molar-refractivity contribution in [2.24, 2.45) is 22.5 Å². The zero-order chi connectivity index (χ0) is 15.3. The number of nitrogens with one attached hydrogen (secondary N) is 1. The molecule has 4 aliphatic carbocycles. The maximum Gasteiger partial charge on any atom is 0.221 e. The van der Waals surface area contributed by atoms with Gasteiger partial charge in [0.1, 0.15) is 0 Å². The molecular formula is C18H32N2O. The van der Waals surface area contributed by atoms with Crippen molar-refractivity contribution >= 4 is 5.91 Å². The second-order valence-corrected chi connectivity index (χ2v) is 9.21. The fourth-order valence-electron chi connectivity index (χ4n) is 6.64. The van der Waals surface area contributed by atoms with Crippen LogP contribution < -0.4 is 11.1 Å². The van der Waals surface area contributed by atoms with Gasteiger partial charge in [-0.1, -0.05) is 27.2 Å². The van der Waals surface area contributed by atoms with Gasteiger partial charge in [-0.3, -0.25) is 4.79 Å². The van der Waals surface area contributed by atoms with E-state index in [-0.39, 0.29) is 17.5 Å². The highest BCUT2D eigenvalue weighted by Crippen LogP contribution is 2.66. The first-order valence-corrected chi connectivity index (χ1v) is 8.82. The topological polar surface area (TPSA) is 55.1 Å². The highest BCUT2D eigenvalue weighted by Gasteiger charge is 2.60. The van der Waals surface area contributed by atoms with Gasteiger partial charge >= 0.3 is 0 Å². The van der Waals surface area contributed by atoms with Crippen LogP contribution in [0, 0.1) is 16.7 Å². The molecule has 0 radical (unpaired) electrons. The number of carbonyl (C=O) groups excluding carboxylic acids is 1. The van der Waals surface area contributed by atoms with E-state index in [1.807, 2.05) is 0 Å². The van der Waals surface area contributed by atoms with E-state index in [1.165, 1.54) is 38.5 Å². The Balaban J connectivity index is 1.69. The van der Waals surface area contributed by atoms with Gasteiger partial charge in [0.2, 0.25) is 5.91 Å². The molecule has 0 spiro atoms. The van der Waals surface area contributed by atoms with Crippen LogP contribution in [0.1, 0.15) is 78.6 Å². The molecule has 4 saturated carbocycles. The third-order valence-corrected chi connectivity index (χ3v) is 6.14. The van der Waals surface area contributed by atoms with Gasteiger partial charge in [-0.2, -0.15) is 0 Å². The smallest absolute Gasteiger partial charge is 0.221 e. The van der Waals surface area contributed by atoms with Crippen molar-refractivity contribution in [1.82, 2.24) is 5.32 Å². The third kappa shape index (κ3) is 2.99. The van der Waals surface area contributed by atoms with Crippen molar-refractivity contribution in [3.05, 3.63) is 0 Å². The van der Waals surface area contributed by atoms with E-state index >= 15 is 0 Å². The van der Waals surface area contributed by atoms with Crippen LogP contribution >= 0.6 is 0 Å². The van der Waals surface area contributed by atoms with Crippen LogP contribution in [0.15, 0.2) is 0 Å². The lowest BCUT2D eigenvalue weighted by Gasteiger charge is -2.65. The summed E-state index contributed by atoms with van der Waals surface area (Å²) < 4.78 is 0. The minimum atomic E-state index is 0.0232. The van der Waals surface area contributed by atoms with Crippen molar-refractivity contribution in [3.8, 4) is 0 Å². The average Bonchev–Trinajstić information content (AvgIpc) is 2.21. The van der Waals surface area contributed by atoms with Gasteiger partial charge in [-0.15, -0.1) is 0 Å². The molecule has 0 aromatic rings. The van der Waals surface area contributed by atoms with Crippen LogP contribution in [0.4, 0.5) is 0 Å². The fraction of sp³-hybridized carbons (Fsp3) is 0.944. The summed E-state index contributed by atoms with van der Waals surface area (Å²) in [6, 6.07) is 0.0232. The largest absolute Gasteiger partial charge is 0.351 e. The van der Waals surface area contributed by atoms with Crippen molar-refractivity contribution in [1.29, 1.82) is 0 Å². The van der Waals surface area contributed by atoms with Crippen molar-refractivity contribution < 1.29 is 4.79 Å². The molecule has 4 aliphatic rings. The summed E-state index contributed by atoms with van der Waals surface area (Å²) in [6.45, 7) is 7.01. The van der Waals surface area contributed by atoms with Gasteiger partial charge < -0.3 is 11.1 Å². The molecule has 0 aromatic carbocycles. The second kappa shape index (κ2) is 4.97. The quantitative estimate of drug-likeness (QED) is 0.816. The summed E-state index contributed by atoms with van der Waals surface area (Å²) in [5.74, 6) is 1.01. The van der Waals surface area contributed by atoms with E-state index in [0.29, 0.717) is 17.3 Å². The lowest BCUT2D eigenvalue weighted by atomic mass is 9.43. The minimum Gasteiger partial charge on any atom is -0.351 e. The number of nitrogens with two attached hydrogens (primary N) is 1. The normalized spacial score (nSPS) is 45.6. The van der Waals surface area contributed by atoms with E-state index in [4.69, 9.17) is 5.73 Å². The average molecular weight is 292 g/mol. The number of amides is 1. The van der Waals surface area contributed by atoms with Crippen molar-refractivity contribution in [3.63, 3.8) is 0 Å². The van der Waals surface area contributed by atoms with Crippen LogP contribution in [0.5, 0.6) is 0 Å². The Bertz CT molecular complexity index is 415. The summed E-state index contributed by atoms with van der Waals surface area (Å²) in [4.78, 5) is 12.4. The molecule has 4 bridgehead atoms. The van der Waals surface area contributed by atoms with E-state index < -0.39 is 0 Å². The highest BCUT2D eigenvalue weighted by molar-refractivity contribution is 5.77. The van der Waals surface area contributed by atoms with Crippen molar-refractivity contribution in [2.75, 3.05) is 0 Å². The van der Waals surface area contributed by atoms with E-state index in [1.54, 1.807) is 0 Å². The summed E-state index contributed by atoms with van der Waals surface area (Å²) in [5, 5.41) is 3.45. The van der Waals surface area contributed by atoms with Gasteiger partial charge in [0.05, 0.1) is 0 Å². The molecule has 0 aliphatic heterocycles. The molecule has 4 fully saturated rings. The fourth-order valence-corrected chi connectivity index (χ4v) is 6.64. The molecule has 0 heterocycles. The lowest BCUT2D eigenvalue weighted by Crippen LogP contribution is -2.65. The van der Waals surface area contributed by atoms with Crippen LogP contribution in [0.3, 0.4) is 0 Å². The number of hydrogen-bond donors (Lipinski definition) is 2. The Labute approximate surface area is 129 Å². The molecule has 120 valence electrons. The maximum atomic E-state index is 12.4. The Kier molecular flexibility index (Phi) is 3.63. The van der Waals surface area contributed by atoms with Crippen molar-refractivity contribution in [2.45, 2.75) is 90.1 Å². The molecule has 3 N–H and O–H groups in total. The standard InChI is InChI=1S/C18H32N2O/c1-4-5-14(19)6-15(21)20-18-9-13-7-16(2,11-18)10-17(3,8-13)12-18/h13-14H,4-12,19H2,1-3H3,(H,20,21). The van der Waals surface area contributed by atoms with Crippen LogP contribution in [-0.4, -0.2) is 17.5 Å². The number of rotatable bonds is 5. The molecular weight excluding hydrogens is 260 g/mol. The first kappa shape index (κ1) is 15.3. The minimum absolute atomic E-state index is 0.0232. The van der Waals surface area contributed by atoms with Crippen LogP contribution in [0.2, 0.25) is 0 Å². The Morgan fingerprint density at radius 1 is 1.19 bits per heavy atom. The molecule has 0 aromatic heterocycles. The first-order valence-electron chi connectivity index (χ1n) is 8.82. The Morgan fingerprint density at radius 3 is 2.33 bits per heavy atom. The van der Waals surface area contributed by atoms with E-state index in [2.05, 4.69) is 26.1 Å². The van der Waals surface area contributed by atoms with Gasteiger partial charge in [0, 0.05) is 18.0 Å². The van der Waals surface area contributed by atoms with Gasteiger partial charge in [-0.25, -0.2) is 0 Å². The molecule has 3 atom stereocenters. The third-order valence-electron chi connectivity index (χ3n) is 6.14. The predicted molar refractivity (Wildman–Crippen MR) is 85.8 cm³/mol. The molecule has 0 saturated heterocycles. The summed E-state index contributed by atoms with van der Waals surface area (Å²) in [6.07, 6.45) is 10.1. The van der Waals surface area contributed by atoms with E-state index in [9.17, 15) is 4.79 Å². The summed E-state index contributed by atoms with van der Waals surface area (Å²) in [5.41, 5.74) is 7.02.